The summed E-state index contributed by atoms with van der Waals surface area (Å²) in [6, 6.07) is 15.2. The van der Waals surface area contributed by atoms with Gasteiger partial charge in [0.2, 0.25) is 10.9 Å². The van der Waals surface area contributed by atoms with Crippen LogP contribution in [0, 0.1) is 0 Å². The summed E-state index contributed by atoms with van der Waals surface area (Å²) in [5.41, 5.74) is 1.89. The first-order valence-corrected chi connectivity index (χ1v) is 13.0. The number of anilines is 1. The Morgan fingerprint density at radius 3 is 2.76 bits per heavy atom. The topological polar surface area (TPSA) is 85.1 Å². The largest absolute Gasteiger partial charge is 0.301 e. The minimum atomic E-state index is -0.153. The van der Waals surface area contributed by atoms with E-state index in [1.54, 1.807) is 22.8 Å². The van der Waals surface area contributed by atoms with E-state index >= 15 is 0 Å². The molecular formula is C21H14Cl2N6OS3. The molecule has 0 spiro atoms. The Morgan fingerprint density at radius 2 is 1.94 bits per heavy atom. The van der Waals surface area contributed by atoms with Crippen LogP contribution in [-0.4, -0.2) is 36.5 Å². The van der Waals surface area contributed by atoms with Gasteiger partial charge in [-0.15, -0.1) is 26.6 Å². The van der Waals surface area contributed by atoms with Crippen LogP contribution in [0.5, 0.6) is 0 Å². The minimum absolute atomic E-state index is 0.153. The third kappa shape index (κ3) is 5.20. The maximum absolute atomic E-state index is 12.4. The van der Waals surface area contributed by atoms with Crippen LogP contribution in [-0.2, 0) is 11.2 Å². The Hall–Kier alpha value is -2.50. The van der Waals surface area contributed by atoms with E-state index in [2.05, 4.69) is 25.6 Å². The second-order valence-corrected chi connectivity index (χ2v) is 11.0. The molecule has 0 saturated heterocycles. The van der Waals surface area contributed by atoms with Crippen molar-refractivity contribution in [2.45, 2.75) is 10.8 Å². The zero-order chi connectivity index (χ0) is 22.8. The number of rotatable bonds is 7. The van der Waals surface area contributed by atoms with Crippen LogP contribution in [0.4, 0.5) is 5.13 Å². The molecular weight excluding hydrogens is 519 g/mol. The van der Waals surface area contributed by atoms with Crippen molar-refractivity contribution < 1.29 is 4.79 Å². The van der Waals surface area contributed by atoms with E-state index in [0.717, 1.165) is 20.3 Å². The zero-order valence-electron chi connectivity index (χ0n) is 16.7. The molecule has 2 aromatic carbocycles. The second kappa shape index (κ2) is 9.78. The average molecular weight is 533 g/mol. The molecule has 1 amide bonds. The predicted octanol–water partition coefficient (Wildman–Crippen LogP) is 5.94. The van der Waals surface area contributed by atoms with Crippen molar-refractivity contribution in [1.29, 1.82) is 0 Å². The number of nitrogens with one attached hydrogen (secondary N) is 1. The fourth-order valence-electron chi connectivity index (χ4n) is 3.01. The normalized spacial score (nSPS) is 11.2. The maximum Gasteiger partial charge on any atom is 0.236 e. The molecule has 7 nitrogen and oxygen atoms in total. The van der Waals surface area contributed by atoms with Crippen molar-refractivity contribution in [1.82, 2.24) is 24.8 Å². The molecule has 0 atom stereocenters. The molecule has 1 N–H and O–H groups in total. The number of benzene rings is 2. The van der Waals surface area contributed by atoms with Crippen molar-refractivity contribution in [3.8, 4) is 11.4 Å². The number of carbonyl (C=O) groups excluding carboxylic acids is 1. The number of nitrogens with zero attached hydrogens (tertiary/aromatic N) is 5. The van der Waals surface area contributed by atoms with Crippen LogP contribution in [0.2, 0.25) is 10.0 Å². The van der Waals surface area contributed by atoms with Gasteiger partial charge in [-0.1, -0.05) is 82.7 Å². The highest BCUT2D eigenvalue weighted by Gasteiger charge is 2.15. The lowest BCUT2D eigenvalue weighted by atomic mass is 10.1. The molecule has 5 rings (SSSR count). The number of halogens is 2. The van der Waals surface area contributed by atoms with Gasteiger partial charge in [-0.2, -0.15) is 4.52 Å². The number of fused-ring (bicyclic) bond motifs is 1. The summed E-state index contributed by atoms with van der Waals surface area (Å²) in [4.78, 5) is 18.4. The first-order chi connectivity index (χ1) is 16.0. The smallest absolute Gasteiger partial charge is 0.236 e. The van der Waals surface area contributed by atoms with Crippen molar-refractivity contribution in [3.63, 3.8) is 0 Å². The van der Waals surface area contributed by atoms with E-state index in [9.17, 15) is 4.79 Å². The number of aromatic nitrogens is 5. The van der Waals surface area contributed by atoms with Crippen molar-refractivity contribution >= 4 is 73.6 Å². The summed E-state index contributed by atoms with van der Waals surface area (Å²) in [5, 5.41) is 17.5. The summed E-state index contributed by atoms with van der Waals surface area (Å²) >= 11 is 16.4. The minimum Gasteiger partial charge on any atom is -0.301 e. The van der Waals surface area contributed by atoms with Gasteiger partial charge >= 0.3 is 0 Å². The molecule has 0 fully saturated rings. The fraction of sp³-hybridized carbons (Fsp3) is 0.0952. The molecule has 33 heavy (non-hydrogen) atoms. The van der Waals surface area contributed by atoms with Gasteiger partial charge in [-0.3, -0.25) is 4.79 Å². The van der Waals surface area contributed by atoms with E-state index in [0.29, 0.717) is 32.4 Å². The Bertz CT molecular complexity index is 1430. The van der Waals surface area contributed by atoms with E-state index in [1.807, 2.05) is 36.4 Å². The summed E-state index contributed by atoms with van der Waals surface area (Å²) < 4.78 is 2.44. The maximum atomic E-state index is 12.4. The van der Waals surface area contributed by atoms with Crippen LogP contribution in [0.15, 0.2) is 59.1 Å². The first-order valence-electron chi connectivity index (χ1n) is 9.64. The second-order valence-electron chi connectivity index (χ2n) is 6.83. The predicted molar refractivity (Wildman–Crippen MR) is 135 cm³/mol. The Balaban J connectivity index is 1.19. The van der Waals surface area contributed by atoms with Crippen molar-refractivity contribution in [3.05, 3.63) is 75.2 Å². The Morgan fingerprint density at radius 1 is 1.09 bits per heavy atom. The molecule has 0 saturated carbocycles. The number of thiazole rings is 1. The molecule has 3 heterocycles. The summed E-state index contributed by atoms with van der Waals surface area (Å²) in [6.07, 6.45) is 2.36. The monoisotopic (exact) mass is 532 g/mol. The summed E-state index contributed by atoms with van der Waals surface area (Å²) in [5.74, 6) is 0.733. The van der Waals surface area contributed by atoms with Gasteiger partial charge in [0.05, 0.1) is 5.75 Å². The zero-order valence-corrected chi connectivity index (χ0v) is 20.7. The van der Waals surface area contributed by atoms with Crippen LogP contribution in [0.1, 0.15) is 10.4 Å². The molecule has 166 valence electrons. The van der Waals surface area contributed by atoms with Gasteiger partial charge in [0, 0.05) is 33.1 Å². The number of hydrogen-bond acceptors (Lipinski definition) is 8. The quantitative estimate of drug-likeness (QED) is 0.261. The lowest BCUT2D eigenvalue weighted by Gasteiger charge is -2.02. The SMILES string of the molecule is O=C(CSc1nn2c(-c3ccccc3)nnc2s1)Nc1ncc(Cc2ccc(Cl)cc2Cl)s1. The fourth-order valence-corrected chi connectivity index (χ4v) is 6.01. The number of thioether (sulfide) groups is 1. The average Bonchev–Trinajstić information content (AvgIpc) is 3.51. The van der Waals surface area contributed by atoms with Gasteiger partial charge in [0.1, 0.15) is 0 Å². The Kier molecular flexibility index (Phi) is 6.61. The van der Waals surface area contributed by atoms with E-state index in [1.165, 1.54) is 34.4 Å². The lowest BCUT2D eigenvalue weighted by molar-refractivity contribution is -0.113. The van der Waals surface area contributed by atoms with Crippen LogP contribution in [0.3, 0.4) is 0 Å². The van der Waals surface area contributed by atoms with Crippen molar-refractivity contribution in [2.75, 3.05) is 11.1 Å². The molecule has 0 aliphatic heterocycles. The highest BCUT2D eigenvalue weighted by molar-refractivity contribution is 8.01. The third-order valence-electron chi connectivity index (χ3n) is 4.51. The van der Waals surface area contributed by atoms with Gasteiger partial charge in [0.15, 0.2) is 15.3 Å². The van der Waals surface area contributed by atoms with Crippen LogP contribution >= 0.6 is 57.6 Å². The molecule has 0 aliphatic carbocycles. The van der Waals surface area contributed by atoms with Gasteiger partial charge < -0.3 is 5.32 Å². The number of hydrogen-bond donors (Lipinski definition) is 1. The van der Waals surface area contributed by atoms with Crippen molar-refractivity contribution in [2.24, 2.45) is 0 Å². The molecule has 0 bridgehead atoms. The lowest BCUT2D eigenvalue weighted by Crippen LogP contribution is -2.13. The number of amides is 1. The molecule has 12 heteroatoms. The molecule has 5 aromatic rings. The van der Waals surface area contributed by atoms with E-state index < -0.39 is 0 Å². The molecule has 0 unspecified atom stereocenters. The van der Waals surface area contributed by atoms with E-state index in [4.69, 9.17) is 23.2 Å². The molecule has 3 aromatic heterocycles. The third-order valence-corrected chi connectivity index (χ3v) is 8.04. The van der Waals surface area contributed by atoms with Gasteiger partial charge in [0.25, 0.3) is 0 Å². The molecule has 0 radical (unpaired) electrons. The summed E-state index contributed by atoms with van der Waals surface area (Å²) in [7, 11) is 0. The van der Waals surface area contributed by atoms with Crippen LogP contribution < -0.4 is 5.32 Å². The Labute approximate surface area is 210 Å². The van der Waals surface area contributed by atoms with Gasteiger partial charge in [-0.05, 0) is 17.7 Å². The highest BCUT2D eigenvalue weighted by atomic mass is 35.5. The van der Waals surface area contributed by atoms with Gasteiger partial charge in [-0.25, -0.2) is 4.98 Å². The van der Waals surface area contributed by atoms with E-state index in [-0.39, 0.29) is 11.7 Å². The molecule has 0 aliphatic rings. The number of carbonyl (C=O) groups is 1. The standard InChI is InChI=1S/C21H14Cl2N6OS3/c22-14-7-6-13(16(23)9-14)8-15-10-24-19(32-15)25-17(30)11-31-21-28-29-18(26-27-20(29)33-21)12-4-2-1-3-5-12/h1-7,9-10H,8,11H2,(H,24,25,30). The highest BCUT2D eigenvalue weighted by Crippen LogP contribution is 2.29. The first kappa shape index (κ1) is 22.3. The summed E-state index contributed by atoms with van der Waals surface area (Å²) in [6.45, 7) is 0. The van der Waals surface area contributed by atoms with Crippen LogP contribution in [0.25, 0.3) is 16.3 Å².